The summed E-state index contributed by atoms with van der Waals surface area (Å²) in [6.45, 7) is 14.3. The zero-order valence-corrected chi connectivity index (χ0v) is 19.7. The van der Waals surface area contributed by atoms with Gasteiger partial charge in [0.1, 0.15) is 18.3 Å². The molecule has 1 fully saturated rings. The highest BCUT2D eigenvalue weighted by molar-refractivity contribution is 6.99. The molecule has 4 nitrogen and oxygen atoms in total. The first-order chi connectivity index (χ1) is 14.1. The van der Waals surface area contributed by atoms with Crippen molar-refractivity contribution in [2.75, 3.05) is 6.61 Å². The Morgan fingerprint density at radius 1 is 1.03 bits per heavy atom. The molecule has 3 rings (SSSR count). The molecule has 1 saturated heterocycles. The Morgan fingerprint density at radius 2 is 1.53 bits per heavy atom. The molecular weight excluding hydrogens is 392 g/mol. The molecule has 2 aromatic carbocycles. The predicted molar refractivity (Wildman–Crippen MR) is 124 cm³/mol. The van der Waals surface area contributed by atoms with Crippen LogP contribution in [-0.2, 0) is 13.9 Å². The Kier molecular flexibility index (Phi) is 6.70. The van der Waals surface area contributed by atoms with Crippen LogP contribution in [0.2, 0.25) is 5.04 Å². The van der Waals surface area contributed by atoms with Crippen LogP contribution in [0.25, 0.3) is 0 Å². The van der Waals surface area contributed by atoms with Crippen LogP contribution in [0.3, 0.4) is 0 Å². The lowest BCUT2D eigenvalue weighted by Gasteiger charge is -2.43. The van der Waals surface area contributed by atoms with Gasteiger partial charge in [0.15, 0.2) is 5.79 Å². The molecule has 162 valence electrons. The van der Waals surface area contributed by atoms with E-state index < -0.39 is 26.3 Å². The maximum atomic E-state index is 11.1. The summed E-state index contributed by atoms with van der Waals surface area (Å²) in [5.41, 5.74) is 0. The van der Waals surface area contributed by atoms with Crippen molar-refractivity contribution >= 4 is 18.7 Å². The highest BCUT2D eigenvalue weighted by Crippen LogP contribution is 2.37. The maximum absolute atomic E-state index is 11.1. The van der Waals surface area contributed by atoms with Gasteiger partial charge in [0, 0.05) is 0 Å². The van der Waals surface area contributed by atoms with Gasteiger partial charge in [-0.05, 0) is 29.3 Å². The molecule has 30 heavy (non-hydrogen) atoms. The average Bonchev–Trinajstić information content (AvgIpc) is 3.04. The Hall–Kier alpha value is -1.76. The number of ether oxygens (including phenoxy) is 2. The third-order valence-corrected chi connectivity index (χ3v) is 10.7. The molecular formula is C25H34O4Si. The Morgan fingerprint density at radius 3 is 1.97 bits per heavy atom. The lowest BCUT2D eigenvalue weighted by atomic mass is 10.1. The van der Waals surface area contributed by atoms with Crippen LogP contribution in [0.1, 0.15) is 34.6 Å². The van der Waals surface area contributed by atoms with E-state index in [-0.39, 0.29) is 17.7 Å². The number of benzene rings is 2. The van der Waals surface area contributed by atoms with E-state index in [0.717, 1.165) is 0 Å². The molecule has 0 radical (unpaired) electrons. The monoisotopic (exact) mass is 426 g/mol. The Bertz CT molecular complexity index is 790. The van der Waals surface area contributed by atoms with Gasteiger partial charge in [-0.25, -0.2) is 0 Å². The van der Waals surface area contributed by atoms with Gasteiger partial charge < -0.3 is 19.0 Å². The molecule has 1 N–H and O–H groups in total. The summed E-state index contributed by atoms with van der Waals surface area (Å²) in [6.07, 6.45) is -0.0456. The van der Waals surface area contributed by atoms with Gasteiger partial charge in [-0.1, -0.05) is 87.5 Å². The van der Waals surface area contributed by atoms with E-state index in [1.807, 2.05) is 26.0 Å². The van der Waals surface area contributed by atoms with Crippen LogP contribution in [-0.4, -0.2) is 44.1 Å². The van der Waals surface area contributed by atoms with E-state index in [0.29, 0.717) is 0 Å². The summed E-state index contributed by atoms with van der Waals surface area (Å²) in [5.74, 6) is -0.762. The standard InChI is InChI=1S/C25H34O4Si/c1-7-22-23(29-25(5,6)28-22)21(26)18-27-30(24(2,3)4,19-14-10-8-11-15-19)20-16-12-9-13-17-20/h7-17,21-23,26H,1,18H2,2-6H3/t21-,22+,23-/m1/s1. The van der Waals surface area contributed by atoms with Crippen LogP contribution in [0.4, 0.5) is 0 Å². The van der Waals surface area contributed by atoms with E-state index >= 15 is 0 Å². The number of hydrogen-bond acceptors (Lipinski definition) is 4. The van der Waals surface area contributed by atoms with E-state index in [1.165, 1.54) is 10.4 Å². The summed E-state index contributed by atoms with van der Waals surface area (Å²) < 4.78 is 18.6. The molecule has 0 unspecified atom stereocenters. The third kappa shape index (κ3) is 4.46. The lowest BCUT2D eigenvalue weighted by molar-refractivity contribution is -0.155. The van der Waals surface area contributed by atoms with Gasteiger partial charge >= 0.3 is 0 Å². The first-order valence-electron chi connectivity index (χ1n) is 10.5. The van der Waals surface area contributed by atoms with E-state index in [1.54, 1.807) is 6.08 Å². The van der Waals surface area contributed by atoms with Crippen molar-refractivity contribution in [1.29, 1.82) is 0 Å². The Labute approximate surface area is 181 Å². The highest BCUT2D eigenvalue weighted by Gasteiger charge is 2.51. The minimum atomic E-state index is -2.71. The second kappa shape index (κ2) is 8.77. The summed E-state index contributed by atoms with van der Waals surface area (Å²) in [7, 11) is -2.71. The first-order valence-corrected chi connectivity index (χ1v) is 12.4. The first kappa shape index (κ1) is 22.9. The van der Waals surface area contributed by atoms with Gasteiger partial charge in [0.25, 0.3) is 8.32 Å². The quantitative estimate of drug-likeness (QED) is 0.543. The molecule has 2 aromatic rings. The van der Waals surface area contributed by atoms with Crippen molar-refractivity contribution in [3.8, 4) is 0 Å². The van der Waals surface area contributed by atoms with Crippen LogP contribution < -0.4 is 10.4 Å². The Balaban J connectivity index is 1.97. The van der Waals surface area contributed by atoms with Crippen LogP contribution in [0.15, 0.2) is 73.3 Å². The minimum Gasteiger partial charge on any atom is -0.405 e. The van der Waals surface area contributed by atoms with Gasteiger partial charge in [0.2, 0.25) is 0 Å². The van der Waals surface area contributed by atoms with Gasteiger partial charge in [-0.15, -0.1) is 6.58 Å². The summed E-state index contributed by atoms with van der Waals surface area (Å²) in [4.78, 5) is 0. The fourth-order valence-electron chi connectivity index (χ4n) is 4.36. The minimum absolute atomic E-state index is 0.153. The molecule has 0 aliphatic carbocycles. The fourth-order valence-corrected chi connectivity index (χ4v) is 8.94. The zero-order valence-electron chi connectivity index (χ0n) is 18.7. The maximum Gasteiger partial charge on any atom is 0.261 e. The molecule has 0 aromatic heterocycles. The van der Waals surface area contributed by atoms with Crippen LogP contribution in [0.5, 0.6) is 0 Å². The van der Waals surface area contributed by atoms with Crippen molar-refractivity contribution in [2.24, 2.45) is 0 Å². The number of aliphatic hydroxyl groups is 1. The van der Waals surface area contributed by atoms with E-state index in [4.69, 9.17) is 13.9 Å². The summed E-state index contributed by atoms with van der Waals surface area (Å²) in [5, 5.41) is 13.3. The van der Waals surface area contributed by atoms with Crippen molar-refractivity contribution in [2.45, 2.75) is 63.8 Å². The lowest BCUT2D eigenvalue weighted by Crippen LogP contribution is -2.67. The normalized spacial score (nSPS) is 22.6. The number of hydrogen-bond donors (Lipinski definition) is 1. The average molecular weight is 427 g/mol. The largest absolute Gasteiger partial charge is 0.405 e. The highest BCUT2D eigenvalue weighted by atomic mass is 28.4. The van der Waals surface area contributed by atoms with Gasteiger partial charge in [0.05, 0.1) is 6.61 Å². The molecule has 0 bridgehead atoms. The van der Waals surface area contributed by atoms with Gasteiger partial charge in [-0.3, -0.25) is 0 Å². The molecule has 0 spiro atoms. The number of rotatable bonds is 7. The van der Waals surface area contributed by atoms with Crippen LogP contribution >= 0.6 is 0 Å². The van der Waals surface area contributed by atoms with Gasteiger partial charge in [-0.2, -0.15) is 0 Å². The third-order valence-electron chi connectivity index (χ3n) is 5.66. The van der Waals surface area contributed by atoms with Crippen molar-refractivity contribution in [1.82, 2.24) is 0 Å². The van der Waals surface area contributed by atoms with E-state index in [2.05, 4.69) is 75.9 Å². The van der Waals surface area contributed by atoms with Crippen molar-refractivity contribution < 1.29 is 19.0 Å². The van der Waals surface area contributed by atoms with Crippen molar-refractivity contribution in [3.05, 3.63) is 73.3 Å². The predicted octanol–water partition coefficient (Wildman–Crippen LogP) is 3.63. The topological polar surface area (TPSA) is 47.9 Å². The molecule has 1 heterocycles. The molecule has 3 atom stereocenters. The molecule has 0 saturated carbocycles. The summed E-state index contributed by atoms with van der Waals surface area (Å²) >= 11 is 0. The fraction of sp³-hybridized carbons (Fsp3) is 0.440. The molecule has 0 amide bonds. The van der Waals surface area contributed by atoms with Crippen LogP contribution in [0, 0.1) is 0 Å². The van der Waals surface area contributed by atoms with E-state index in [9.17, 15) is 5.11 Å². The second-order valence-electron chi connectivity index (χ2n) is 9.34. The molecule has 1 aliphatic heterocycles. The smallest absolute Gasteiger partial charge is 0.261 e. The second-order valence-corrected chi connectivity index (χ2v) is 13.6. The zero-order chi connectivity index (χ0) is 22.0. The SMILES string of the molecule is C=C[C@@H]1OC(C)(C)O[C@@H]1[C@H](O)CO[Si](c1ccccc1)(c1ccccc1)C(C)(C)C. The van der Waals surface area contributed by atoms with Crippen molar-refractivity contribution in [3.63, 3.8) is 0 Å². The summed E-state index contributed by atoms with van der Waals surface area (Å²) in [6, 6.07) is 20.8. The number of aliphatic hydroxyl groups excluding tert-OH is 1. The molecule has 1 aliphatic rings. The molecule has 5 heteroatoms.